The Balaban J connectivity index is 2.95. The molecular formula is C18H23NO6. The largest absolute Gasteiger partial charge is 0.481 e. The molecular weight excluding hydrogens is 326 g/mol. The Morgan fingerprint density at radius 1 is 1.12 bits per heavy atom. The molecule has 0 radical (unpaired) electrons. The fourth-order valence-electron chi connectivity index (χ4n) is 2.21. The highest BCUT2D eigenvalue weighted by atomic mass is 16.5. The van der Waals surface area contributed by atoms with E-state index in [4.69, 9.17) is 4.74 Å². The predicted molar refractivity (Wildman–Crippen MR) is 91.2 cm³/mol. The molecule has 0 bridgehead atoms. The molecule has 3 atom stereocenters. The van der Waals surface area contributed by atoms with Crippen molar-refractivity contribution in [3.05, 3.63) is 29.8 Å². The van der Waals surface area contributed by atoms with Crippen LogP contribution in [0.4, 0.5) is 5.69 Å². The van der Waals surface area contributed by atoms with Gasteiger partial charge in [0, 0.05) is 24.1 Å². The van der Waals surface area contributed by atoms with Gasteiger partial charge in [-0.25, -0.2) is 0 Å². The number of carbonyl (C=O) groups excluding carboxylic acids is 3. The van der Waals surface area contributed by atoms with Crippen molar-refractivity contribution in [2.24, 2.45) is 11.8 Å². The van der Waals surface area contributed by atoms with Crippen LogP contribution >= 0.6 is 0 Å². The number of esters is 1. The summed E-state index contributed by atoms with van der Waals surface area (Å²) < 4.78 is 5.07. The maximum Gasteiger partial charge on any atom is 0.321 e. The molecule has 0 aliphatic carbocycles. The van der Waals surface area contributed by atoms with E-state index in [0.717, 1.165) is 0 Å². The smallest absolute Gasteiger partial charge is 0.321 e. The van der Waals surface area contributed by atoms with Crippen molar-refractivity contribution in [2.45, 2.75) is 40.2 Å². The van der Waals surface area contributed by atoms with Crippen LogP contribution in [-0.2, 0) is 19.1 Å². The molecule has 7 nitrogen and oxygen atoms in total. The molecule has 136 valence electrons. The Labute approximate surface area is 146 Å². The summed E-state index contributed by atoms with van der Waals surface area (Å²) in [6, 6.07) is 6.02. The van der Waals surface area contributed by atoms with Gasteiger partial charge in [0.15, 0.2) is 11.7 Å². The van der Waals surface area contributed by atoms with Crippen LogP contribution in [0.25, 0.3) is 0 Å². The molecule has 0 heterocycles. The molecule has 3 unspecified atom stereocenters. The van der Waals surface area contributed by atoms with E-state index in [0.29, 0.717) is 12.1 Å². The number of carbonyl (C=O) groups is 4. The summed E-state index contributed by atoms with van der Waals surface area (Å²) in [5.74, 6) is -5.70. The molecule has 0 aliphatic rings. The molecule has 7 heteroatoms. The Morgan fingerprint density at radius 3 is 2.12 bits per heavy atom. The highest BCUT2D eigenvalue weighted by molar-refractivity contribution is 6.05. The molecule has 25 heavy (non-hydrogen) atoms. The van der Waals surface area contributed by atoms with Gasteiger partial charge in [0.1, 0.15) is 0 Å². The number of benzene rings is 1. The molecule has 1 aromatic carbocycles. The van der Waals surface area contributed by atoms with Gasteiger partial charge >= 0.3 is 11.9 Å². The average Bonchev–Trinajstić information content (AvgIpc) is 2.53. The third-order valence-electron chi connectivity index (χ3n) is 3.82. The van der Waals surface area contributed by atoms with Gasteiger partial charge in [-0.3, -0.25) is 19.2 Å². The SMILES string of the molecule is CCC(C)OC(=O)C(C(=O)O)C(C)C(=O)c1ccc(NC(C)=O)cc1. The van der Waals surface area contributed by atoms with E-state index < -0.39 is 35.7 Å². The lowest BCUT2D eigenvalue weighted by atomic mass is 9.87. The van der Waals surface area contributed by atoms with Gasteiger partial charge in [-0.15, -0.1) is 0 Å². The van der Waals surface area contributed by atoms with E-state index in [-0.39, 0.29) is 11.5 Å². The van der Waals surface area contributed by atoms with Gasteiger partial charge in [0.05, 0.1) is 6.10 Å². The lowest BCUT2D eigenvalue weighted by molar-refractivity contribution is -0.163. The Hall–Kier alpha value is -2.70. The second-order valence-electron chi connectivity index (χ2n) is 5.88. The highest BCUT2D eigenvalue weighted by Gasteiger charge is 2.38. The summed E-state index contributed by atoms with van der Waals surface area (Å²) in [4.78, 5) is 47.1. The van der Waals surface area contributed by atoms with Crippen LogP contribution in [-0.4, -0.2) is 34.8 Å². The van der Waals surface area contributed by atoms with Crippen LogP contribution < -0.4 is 5.32 Å². The molecule has 1 aromatic rings. The number of aliphatic carboxylic acids is 1. The van der Waals surface area contributed by atoms with Gasteiger partial charge in [0.2, 0.25) is 5.91 Å². The van der Waals surface area contributed by atoms with E-state index in [2.05, 4.69) is 5.32 Å². The fourth-order valence-corrected chi connectivity index (χ4v) is 2.21. The number of amides is 1. The molecule has 0 saturated heterocycles. The number of hydrogen-bond donors (Lipinski definition) is 2. The summed E-state index contributed by atoms with van der Waals surface area (Å²) >= 11 is 0. The summed E-state index contributed by atoms with van der Waals surface area (Å²) in [5.41, 5.74) is 0.770. The molecule has 1 rings (SSSR count). The number of Topliss-reactive ketones (excluding diaryl/α,β-unsaturated/α-hetero) is 1. The van der Waals surface area contributed by atoms with Crippen molar-refractivity contribution in [2.75, 3.05) is 5.32 Å². The molecule has 0 fully saturated rings. The quantitative estimate of drug-likeness (QED) is 0.424. The number of hydrogen-bond acceptors (Lipinski definition) is 5. The minimum Gasteiger partial charge on any atom is -0.481 e. The first-order valence-corrected chi connectivity index (χ1v) is 8.02. The maximum absolute atomic E-state index is 12.5. The van der Waals surface area contributed by atoms with Crippen molar-refractivity contribution < 1.29 is 29.0 Å². The minimum absolute atomic E-state index is 0.244. The van der Waals surface area contributed by atoms with Crippen molar-refractivity contribution in [1.29, 1.82) is 0 Å². The van der Waals surface area contributed by atoms with Crippen molar-refractivity contribution in [3.63, 3.8) is 0 Å². The number of ketones is 1. The highest BCUT2D eigenvalue weighted by Crippen LogP contribution is 2.22. The van der Waals surface area contributed by atoms with E-state index in [1.54, 1.807) is 13.8 Å². The van der Waals surface area contributed by atoms with Gasteiger partial charge in [-0.1, -0.05) is 13.8 Å². The van der Waals surface area contributed by atoms with Crippen LogP contribution in [0.5, 0.6) is 0 Å². The number of nitrogens with one attached hydrogen (secondary N) is 1. The maximum atomic E-state index is 12.5. The Morgan fingerprint density at radius 2 is 1.68 bits per heavy atom. The van der Waals surface area contributed by atoms with Gasteiger partial charge in [0.25, 0.3) is 0 Å². The van der Waals surface area contributed by atoms with E-state index in [1.807, 2.05) is 0 Å². The normalized spacial score (nSPS) is 14.1. The van der Waals surface area contributed by atoms with Gasteiger partial charge in [-0.05, 0) is 37.6 Å². The Bertz CT molecular complexity index is 652. The first-order valence-electron chi connectivity index (χ1n) is 8.02. The summed E-state index contributed by atoms with van der Waals surface area (Å²) in [6.45, 7) is 6.21. The predicted octanol–water partition coefficient (Wildman–Crippen LogP) is 2.51. The fraction of sp³-hybridized carbons (Fsp3) is 0.444. The van der Waals surface area contributed by atoms with Crippen LogP contribution in [0.3, 0.4) is 0 Å². The zero-order chi connectivity index (χ0) is 19.1. The second-order valence-corrected chi connectivity index (χ2v) is 5.88. The van der Waals surface area contributed by atoms with Crippen molar-refractivity contribution >= 4 is 29.3 Å². The average molecular weight is 349 g/mol. The van der Waals surface area contributed by atoms with E-state index in [9.17, 15) is 24.3 Å². The molecule has 2 N–H and O–H groups in total. The molecule has 1 amide bonds. The number of carboxylic acids is 1. The molecule has 0 aliphatic heterocycles. The van der Waals surface area contributed by atoms with Crippen LogP contribution in [0.2, 0.25) is 0 Å². The first kappa shape index (κ1) is 20.3. The number of rotatable bonds is 8. The summed E-state index contributed by atoms with van der Waals surface area (Å²) in [7, 11) is 0. The van der Waals surface area contributed by atoms with Crippen molar-refractivity contribution in [1.82, 2.24) is 0 Å². The first-order chi connectivity index (χ1) is 11.7. The van der Waals surface area contributed by atoms with Gasteiger partial charge in [-0.2, -0.15) is 0 Å². The minimum atomic E-state index is -1.57. The van der Waals surface area contributed by atoms with Crippen molar-refractivity contribution in [3.8, 4) is 0 Å². The van der Waals surface area contributed by atoms with Crippen LogP contribution in [0, 0.1) is 11.8 Å². The lowest BCUT2D eigenvalue weighted by Gasteiger charge is -2.20. The number of anilines is 1. The molecule has 0 aromatic heterocycles. The number of carboxylic acid groups (broad SMARTS) is 1. The van der Waals surface area contributed by atoms with Gasteiger partial charge < -0.3 is 15.2 Å². The zero-order valence-corrected chi connectivity index (χ0v) is 14.7. The topological polar surface area (TPSA) is 110 Å². The lowest BCUT2D eigenvalue weighted by Crippen LogP contribution is -2.37. The second kappa shape index (κ2) is 8.96. The Kier molecular flexibility index (Phi) is 7.29. The van der Waals surface area contributed by atoms with E-state index >= 15 is 0 Å². The molecule has 0 saturated carbocycles. The van der Waals surface area contributed by atoms with E-state index in [1.165, 1.54) is 38.1 Å². The molecule has 0 spiro atoms. The number of ether oxygens (including phenoxy) is 1. The standard InChI is InChI=1S/C18H23NO6/c1-5-10(2)25-18(24)15(17(22)23)11(3)16(21)13-6-8-14(9-7-13)19-12(4)20/h6-11,15H,5H2,1-4H3,(H,19,20)(H,22,23). The monoisotopic (exact) mass is 349 g/mol. The van der Waals surface area contributed by atoms with Crippen LogP contribution in [0.15, 0.2) is 24.3 Å². The zero-order valence-electron chi connectivity index (χ0n) is 14.7. The third kappa shape index (κ3) is 5.70. The summed E-state index contributed by atoms with van der Waals surface area (Å²) in [6.07, 6.45) is 0.124. The summed E-state index contributed by atoms with van der Waals surface area (Å²) in [5, 5.41) is 11.9. The third-order valence-corrected chi connectivity index (χ3v) is 3.82. The van der Waals surface area contributed by atoms with Crippen LogP contribution in [0.1, 0.15) is 44.5 Å².